The molecule has 0 aromatic carbocycles. The van der Waals surface area contributed by atoms with Crippen molar-refractivity contribution >= 4 is 5.91 Å². The van der Waals surface area contributed by atoms with Crippen molar-refractivity contribution in [2.24, 2.45) is 18.7 Å². The van der Waals surface area contributed by atoms with E-state index >= 15 is 0 Å². The molecule has 5 heteroatoms. The second kappa shape index (κ2) is 3.09. The number of nitrogens with one attached hydrogen (secondary N) is 1. The molecule has 1 amide bonds. The average molecular weight is 194 g/mol. The number of amides is 1. The molecular formula is C9H14N4O. The minimum Gasteiger partial charge on any atom is -0.346 e. The number of hydrogen-bond acceptors (Lipinski definition) is 3. The third kappa shape index (κ3) is 1.29. The molecule has 0 bridgehead atoms. The van der Waals surface area contributed by atoms with Crippen LogP contribution in [0, 0.1) is 5.92 Å². The number of carbonyl (C=O) groups excluding carboxylic acids is 1. The Balaban J connectivity index is 2.25. The highest BCUT2D eigenvalue weighted by atomic mass is 16.2. The molecule has 0 radical (unpaired) electrons. The zero-order valence-corrected chi connectivity index (χ0v) is 8.27. The maximum absolute atomic E-state index is 11.3. The van der Waals surface area contributed by atoms with Crippen LogP contribution in [-0.2, 0) is 11.8 Å². The number of nitrogens with two attached hydrogens (primary N) is 1. The van der Waals surface area contributed by atoms with Gasteiger partial charge in [0.15, 0.2) is 0 Å². The zero-order valence-electron chi connectivity index (χ0n) is 8.27. The van der Waals surface area contributed by atoms with Crippen molar-refractivity contribution in [2.45, 2.75) is 19.0 Å². The lowest BCUT2D eigenvalue weighted by Crippen LogP contribution is -2.31. The first kappa shape index (κ1) is 9.21. The van der Waals surface area contributed by atoms with E-state index in [-0.39, 0.29) is 23.9 Å². The predicted molar refractivity (Wildman–Crippen MR) is 51.2 cm³/mol. The van der Waals surface area contributed by atoms with Gasteiger partial charge >= 0.3 is 0 Å². The van der Waals surface area contributed by atoms with E-state index in [0.29, 0.717) is 0 Å². The smallest absolute Gasteiger partial charge is 0.225 e. The Kier molecular flexibility index (Phi) is 2.03. The minimum atomic E-state index is -0.183. The molecule has 2 heterocycles. The van der Waals surface area contributed by atoms with Crippen molar-refractivity contribution in [1.29, 1.82) is 0 Å². The summed E-state index contributed by atoms with van der Waals surface area (Å²) in [6.07, 6.45) is 1.84. The van der Waals surface area contributed by atoms with Crippen LogP contribution in [-0.4, -0.2) is 21.7 Å². The van der Waals surface area contributed by atoms with Gasteiger partial charge in [-0.1, -0.05) is 6.92 Å². The van der Waals surface area contributed by atoms with Gasteiger partial charge in [0.2, 0.25) is 5.91 Å². The standard InChI is InChI=1S/C9H14N4O/c1-5-7(10)8(11-9(5)14)6-3-4-13(2)12-6/h3-5,7-8H,10H2,1-2H3,(H,11,14)/t5-,7-,8+/m0/s1. The molecule has 1 fully saturated rings. The van der Waals surface area contributed by atoms with Gasteiger partial charge in [-0.3, -0.25) is 9.48 Å². The largest absolute Gasteiger partial charge is 0.346 e. The second-order valence-corrected chi connectivity index (χ2v) is 3.77. The average Bonchev–Trinajstić information content (AvgIpc) is 2.66. The van der Waals surface area contributed by atoms with E-state index in [0.717, 1.165) is 5.69 Å². The molecule has 0 spiro atoms. The zero-order chi connectivity index (χ0) is 10.3. The molecular weight excluding hydrogens is 180 g/mol. The fourth-order valence-corrected chi connectivity index (χ4v) is 1.71. The second-order valence-electron chi connectivity index (χ2n) is 3.77. The lowest BCUT2D eigenvalue weighted by molar-refractivity contribution is -0.122. The van der Waals surface area contributed by atoms with Crippen molar-refractivity contribution in [2.75, 3.05) is 0 Å². The van der Waals surface area contributed by atoms with Gasteiger partial charge in [-0.15, -0.1) is 0 Å². The fraction of sp³-hybridized carbons (Fsp3) is 0.556. The van der Waals surface area contributed by atoms with Gasteiger partial charge in [0.25, 0.3) is 0 Å². The van der Waals surface area contributed by atoms with E-state index in [1.165, 1.54) is 0 Å². The molecule has 5 nitrogen and oxygen atoms in total. The van der Waals surface area contributed by atoms with Crippen LogP contribution < -0.4 is 11.1 Å². The number of rotatable bonds is 1. The lowest BCUT2D eigenvalue weighted by atomic mass is 9.99. The summed E-state index contributed by atoms with van der Waals surface area (Å²) in [5, 5.41) is 7.08. The van der Waals surface area contributed by atoms with Gasteiger partial charge in [0.05, 0.1) is 17.7 Å². The lowest BCUT2D eigenvalue weighted by Gasteiger charge is -2.13. The van der Waals surface area contributed by atoms with Gasteiger partial charge in [-0.2, -0.15) is 5.10 Å². The summed E-state index contributed by atoms with van der Waals surface area (Å²) in [6, 6.07) is 1.55. The van der Waals surface area contributed by atoms with Crippen LogP contribution in [0.3, 0.4) is 0 Å². The number of hydrogen-bond donors (Lipinski definition) is 2. The van der Waals surface area contributed by atoms with Crippen LogP contribution in [0.2, 0.25) is 0 Å². The maximum Gasteiger partial charge on any atom is 0.225 e. The van der Waals surface area contributed by atoms with E-state index in [1.54, 1.807) is 4.68 Å². The highest BCUT2D eigenvalue weighted by Gasteiger charge is 2.38. The Bertz CT molecular complexity index is 359. The summed E-state index contributed by atoms with van der Waals surface area (Å²) in [4.78, 5) is 11.3. The fourth-order valence-electron chi connectivity index (χ4n) is 1.71. The first-order valence-electron chi connectivity index (χ1n) is 4.65. The summed E-state index contributed by atoms with van der Waals surface area (Å²) < 4.78 is 1.71. The molecule has 1 aromatic heterocycles. The Morgan fingerprint density at radius 3 is 2.79 bits per heavy atom. The van der Waals surface area contributed by atoms with Crippen molar-refractivity contribution in [1.82, 2.24) is 15.1 Å². The number of aryl methyl sites for hydroxylation is 1. The molecule has 0 aliphatic carbocycles. The minimum absolute atomic E-state index is 0.00755. The third-order valence-electron chi connectivity index (χ3n) is 2.73. The molecule has 1 aliphatic heterocycles. The van der Waals surface area contributed by atoms with E-state index in [4.69, 9.17) is 5.73 Å². The summed E-state index contributed by atoms with van der Waals surface area (Å²) in [6.45, 7) is 1.84. The maximum atomic E-state index is 11.3. The highest BCUT2D eigenvalue weighted by Crippen LogP contribution is 2.25. The number of nitrogens with zero attached hydrogens (tertiary/aromatic N) is 2. The Labute approximate surface area is 82.3 Å². The molecule has 3 N–H and O–H groups in total. The predicted octanol–water partition coefficient (Wildman–Crippen LogP) is -0.446. The molecule has 1 saturated heterocycles. The molecule has 3 atom stereocenters. The highest BCUT2D eigenvalue weighted by molar-refractivity contribution is 5.82. The molecule has 76 valence electrons. The molecule has 1 aliphatic rings. The molecule has 0 unspecified atom stereocenters. The van der Waals surface area contributed by atoms with Crippen LogP contribution in [0.15, 0.2) is 12.3 Å². The van der Waals surface area contributed by atoms with E-state index in [9.17, 15) is 4.79 Å². The van der Waals surface area contributed by atoms with E-state index in [2.05, 4.69) is 10.4 Å². The Morgan fingerprint density at radius 2 is 2.36 bits per heavy atom. The van der Waals surface area contributed by atoms with Crippen LogP contribution in [0.1, 0.15) is 18.7 Å². The van der Waals surface area contributed by atoms with Crippen LogP contribution >= 0.6 is 0 Å². The van der Waals surface area contributed by atoms with Gasteiger partial charge in [-0.25, -0.2) is 0 Å². The van der Waals surface area contributed by atoms with Crippen LogP contribution in [0.4, 0.5) is 0 Å². The molecule has 0 saturated carbocycles. The Hall–Kier alpha value is -1.36. The van der Waals surface area contributed by atoms with Crippen molar-refractivity contribution < 1.29 is 4.79 Å². The van der Waals surface area contributed by atoms with Crippen LogP contribution in [0.5, 0.6) is 0 Å². The number of aromatic nitrogens is 2. The van der Waals surface area contributed by atoms with Crippen LogP contribution in [0.25, 0.3) is 0 Å². The third-order valence-corrected chi connectivity index (χ3v) is 2.73. The van der Waals surface area contributed by atoms with E-state index in [1.807, 2.05) is 26.2 Å². The molecule has 14 heavy (non-hydrogen) atoms. The summed E-state index contributed by atoms with van der Waals surface area (Å²) >= 11 is 0. The first-order chi connectivity index (χ1) is 6.59. The summed E-state index contributed by atoms with van der Waals surface area (Å²) in [7, 11) is 1.84. The van der Waals surface area contributed by atoms with Gasteiger partial charge < -0.3 is 11.1 Å². The molecule has 1 aromatic rings. The quantitative estimate of drug-likeness (QED) is 0.636. The van der Waals surface area contributed by atoms with Crippen molar-refractivity contribution in [3.8, 4) is 0 Å². The van der Waals surface area contributed by atoms with E-state index < -0.39 is 0 Å². The number of carbonyl (C=O) groups is 1. The van der Waals surface area contributed by atoms with Gasteiger partial charge in [0, 0.05) is 19.3 Å². The SMILES string of the molecule is C[C@@H]1C(=O)N[C@H](c2ccn(C)n2)[C@H]1N. The van der Waals surface area contributed by atoms with Crippen molar-refractivity contribution in [3.05, 3.63) is 18.0 Å². The summed E-state index contributed by atoms with van der Waals surface area (Å²) in [5.41, 5.74) is 6.75. The first-order valence-corrected chi connectivity index (χ1v) is 4.65. The summed E-state index contributed by atoms with van der Waals surface area (Å²) in [5.74, 6) is -0.129. The van der Waals surface area contributed by atoms with Gasteiger partial charge in [-0.05, 0) is 6.07 Å². The topological polar surface area (TPSA) is 72.9 Å². The monoisotopic (exact) mass is 194 g/mol. The Morgan fingerprint density at radius 1 is 1.64 bits per heavy atom. The van der Waals surface area contributed by atoms with Gasteiger partial charge in [0.1, 0.15) is 0 Å². The normalized spacial score (nSPS) is 31.9. The molecule has 2 rings (SSSR count). The van der Waals surface area contributed by atoms with Crippen molar-refractivity contribution in [3.63, 3.8) is 0 Å².